The summed E-state index contributed by atoms with van der Waals surface area (Å²) in [6.45, 7) is 5.10. The normalized spacial score (nSPS) is 12.7. The van der Waals surface area contributed by atoms with Crippen LogP contribution in [0.3, 0.4) is 0 Å². The number of aryl methyl sites for hydroxylation is 1. The van der Waals surface area contributed by atoms with Gasteiger partial charge in [-0.1, -0.05) is 59.6 Å². The molecule has 0 saturated heterocycles. The van der Waals surface area contributed by atoms with E-state index in [9.17, 15) is 0 Å². The predicted molar refractivity (Wildman–Crippen MR) is 93.3 cm³/mol. The van der Waals surface area contributed by atoms with E-state index >= 15 is 0 Å². The lowest BCUT2D eigenvalue weighted by Crippen LogP contribution is -2.17. The standard InChI is InChI=1S/C18H18ClNS/c1-12-7-9-14(10-8-12)13(2)20-11-17-18(19)15-5-3-4-6-16(15)21-17/h3-10,13,20H,11H2,1-2H3. The Morgan fingerprint density at radius 2 is 1.81 bits per heavy atom. The molecule has 108 valence electrons. The molecule has 1 heterocycles. The molecule has 1 N–H and O–H groups in total. The van der Waals surface area contributed by atoms with Crippen LogP contribution < -0.4 is 5.32 Å². The lowest BCUT2D eigenvalue weighted by Gasteiger charge is -2.14. The van der Waals surface area contributed by atoms with E-state index in [1.165, 1.54) is 20.7 Å². The van der Waals surface area contributed by atoms with Crippen molar-refractivity contribution >= 4 is 33.0 Å². The van der Waals surface area contributed by atoms with Crippen molar-refractivity contribution in [3.05, 3.63) is 69.6 Å². The summed E-state index contributed by atoms with van der Waals surface area (Å²) in [5, 5.41) is 5.61. The minimum absolute atomic E-state index is 0.312. The lowest BCUT2D eigenvalue weighted by atomic mass is 10.1. The summed E-state index contributed by atoms with van der Waals surface area (Å²) in [6, 6.07) is 17.3. The van der Waals surface area contributed by atoms with Crippen molar-refractivity contribution in [2.24, 2.45) is 0 Å². The SMILES string of the molecule is Cc1ccc(C(C)NCc2sc3ccccc3c2Cl)cc1. The molecule has 0 saturated carbocycles. The third-order valence-electron chi connectivity index (χ3n) is 3.75. The van der Waals surface area contributed by atoms with Crippen molar-refractivity contribution in [2.45, 2.75) is 26.4 Å². The molecular weight excluding hydrogens is 298 g/mol. The molecule has 3 heteroatoms. The van der Waals surface area contributed by atoms with Crippen molar-refractivity contribution < 1.29 is 0 Å². The van der Waals surface area contributed by atoms with E-state index in [2.05, 4.69) is 61.6 Å². The van der Waals surface area contributed by atoms with E-state index < -0.39 is 0 Å². The molecule has 1 atom stereocenters. The number of hydrogen-bond donors (Lipinski definition) is 1. The van der Waals surface area contributed by atoms with E-state index in [0.717, 1.165) is 17.0 Å². The number of halogens is 1. The smallest absolute Gasteiger partial charge is 0.0636 e. The molecule has 0 bridgehead atoms. The van der Waals surface area contributed by atoms with Gasteiger partial charge in [-0.25, -0.2) is 0 Å². The van der Waals surface area contributed by atoms with Gasteiger partial charge in [-0.2, -0.15) is 0 Å². The minimum atomic E-state index is 0.312. The van der Waals surface area contributed by atoms with Crippen LogP contribution >= 0.6 is 22.9 Å². The number of fused-ring (bicyclic) bond motifs is 1. The fraction of sp³-hybridized carbons (Fsp3) is 0.222. The summed E-state index contributed by atoms with van der Waals surface area (Å²) in [7, 11) is 0. The lowest BCUT2D eigenvalue weighted by molar-refractivity contribution is 0.579. The zero-order valence-electron chi connectivity index (χ0n) is 12.2. The molecule has 1 unspecified atom stereocenters. The Hall–Kier alpha value is -1.35. The van der Waals surface area contributed by atoms with Gasteiger partial charge in [0.2, 0.25) is 0 Å². The molecule has 3 rings (SSSR count). The van der Waals surface area contributed by atoms with Gasteiger partial charge in [0.05, 0.1) is 5.02 Å². The second-order valence-electron chi connectivity index (χ2n) is 5.35. The number of thiophene rings is 1. The van der Waals surface area contributed by atoms with Crippen molar-refractivity contribution in [2.75, 3.05) is 0 Å². The second-order valence-corrected chi connectivity index (χ2v) is 6.86. The largest absolute Gasteiger partial charge is 0.305 e. The summed E-state index contributed by atoms with van der Waals surface area (Å²) in [5.74, 6) is 0. The van der Waals surface area contributed by atoms with Gasteiger partial charge in [-0.3, -0.25) is 0 Å². The molecule has 0 fully saturated rings. The van der Waals surface area contributed by atoms with Crippen LogP contribution in [0.4, 0.5) is 0 Å². The Kier molecular flexibility index (Phi) is 4.29. The molecule has 0 spiro atoms. The van der Waals surface area contributed by atoms with E-state index in [-0.39, 0.29) is 0 Å². The van der Waals surface area contributed by atoms with Crippen molar-refractivity contribution in [1.29, 1.82) is 0 Å². The van der Waals surface area contributed by atoms with Gasteiger partial charge in [0, 0.05) is 27.5 Å². The Balaban J connectivity index is 1.74. The maximum Gasteiger partial charge on any atom is 0.0636 e. The molecule has 0 aliphatic rings. The van der Waals surface area contributed by atoms with E-state index in [4.69, 9.17) is 11.6 Å². The van der Waals surface area contributed by atoms with Gasteiger partial charge < -0.3 is 5.32 Å². The average Bonchev–Trinajstić information content (AvgIpc) is 2.82. The van der Waals surface area contributed by atoms with Crippen molar-refractivity contribution in [3.8, 4) is 0 Å². The topological polar surface area (TPSA) is 12.0 Å². The molecule has 0 aliphatic heterocycles. The van der Waals surface area contributed by atoms with Gasteiger partial charge in [-0.05, 0) is 25.5 Å². The number of rotatable bonds is 4. The summed E-state index contributed by atoms with van der Waals surface area (Å²) in [6.07, 6.45) is 0. The van der Waals surface area contributed by atoms with Crippen LogP contribution in [0.5, 0.6) is 0 Å². The third kappa shape index (κ3) is 3.13. The van der Waals surface area contributed by atoms with Crippen LogP contribution in [0.1, 0.15) is 29.0 Å². The highest BCUT2D eigenvalue weighted by Crippen LogP contribution is 2.35. The highest BCUT2D eigenvalue weighted by molar-refractivity contribution is 7.19. The quantitative estimate of drug-likeness (QED) is 0.650. The Morgan fingerprint density at radius 1 is 1.10 bits per heavy atom. The number of hydrogen-bond acceptors (Lipinski definition) is 2. The molecule has 0 radical (unpaired) electrons. The summed E-state index contributed by atoms with van der Waals surface area (Å²) in [5.41, 5.74) is 2.59. The van der Waals surface area contributed by atoms with Gasteiger partial charge in [0.1, 0.15) is 0 Å². The summed E-state index contributed by atoms with van der Waals surface area (Å²) < 4.78 is 1.25. The highest BCUT2D eigenvalue weighted by Gasteiger charge is 2.11. The maximum atomic E-state index is 6.48. The van der Waals surface area contributed by atoms with Crippen molar-refractivity contribution in [3.63, 3.8) is 0 Å². The van der Waals surface area contributed by atoms with E-state index in [1.807, 2.05) is 6.07 Å². The number of benzene rings is 2. The average molecular weight is 316 g/mol. The molecular formula is C18H18ClNS. The van der Waals surface area contributed by atoms with Crippen LogP contribution in [0.25, 0.3) is 10.1 Å². The second kappa shape index (κ2) is 6.18. The molecule has 21 heavy (non-hydrogen) atoms. The first-order valence-electron chi connectivity index (χ1n) is 7.11. The third-order valence-corrected chi connectivity index (χ3v) is 5.46. The Morgan fingerprint density at radius 3 is 2.52 bits per heavy atom. The fourth-order valence-corrected chi connectivity index (χ4v) is 3.85. The van der Waals surface area contributed by atoms with E-state index in [1.54, 1.807) is 11.3 Å². The van der Waals surface area contributed by atoms with Crippen LogP contribution in [0.15, 0.2) is 48.5 Å². The Labute approximate surface area is 134 Å². The first kappa shape index (κ1) is 14.6. The maximum absolute atomic E-state index is 6.48. The van der Waals surface area contributed by atoms with Crippen LogP contribution in [-0.4, -0.2) is 0 Å². The highest BCUT2D eigenvalue weighted by atomic mass is 35.5. The van der Waals surface area contributed by atoms with Gasteiger partial charge >= 0.3 is 0 Å². The molecule has 1 aromatic heterocycles. The summed E-state index contributed by atoms with van der Waals surface area (Å²) >= 11 is 8.25. The van der Waals surface area contributed by atoms with Crippen LogP contribution in [0.2, 0.25) is 5.02 Å². The van der Waals surface area contributed by atoms with Crippen molar-refractivity contribution in [1.82, 2.24) is 5.32 Å². The first-order valence-corrected chi connectivity index (χ1v) is 8.30. The van der Waals surface area contributed by atoms with Gasteiger partial charge in [-0.15, -0.1) is 11.3 Å². The first-order chi connectivity index (χ1) is 10.1. The van der Waals surface area contributed by atoms with Gasteiger partial charge in [0.15, 0.2) is 0 Å². The van der Waals surface area contributed by atoms with Crippen LogP contribution in [-0.2, 0) is 6.54 Å². The molecule has 0 aliphatic carbocycles. The fourth-order valence-electron chi connectivity index (χ4n) is 2.40. The number of nitrogens with one attached hydrogen (secondary N) is 1. The van der Waals surface area contributed by atoms with Crippen LogP contribution in [0, 0.1) is 6.92 Å². The zero-order chi connectivity index (χ0) is 14.8. The molecule has 3 aromatic rings. The molecule has 1 nitrogen and oxygen atoms in total. The summed E-state index contributed by atoms with van der Waals surface area (Å²) in [4.78, 5) is 1.21. The Bertz CT molecular complexity index is 746. The molecule has 2 aromatic carbocycles. The molecule has 0 amide bonds. The monoisotopic (exact) mass is 315 g/mol. The zero-order valence-corrected chi connectivity index (χ0v) is 13.8. The minimum Gasteiger partial charge on any atom is -0.305 e. The predicted octanol–water partition coefficient (Wildman–Crippen LogP) is 5.71. The van der Waals surface area contributed by atoms with E-state index in [0.29, 0.717) is 6.04 Å². The van der Waals surface area contributed by atoms with Gasteiger partial charge in [0.25, 0.3) is 0 Å².